The topological polar surface area (TPSA) is 155 Å². The molecular weight excluding hydrogens is 454 g/mol. The van der Waals surface area contributed by atoms with E-state index in [1.807, 2.05) is 17.7 Å². The Kier molecular flexibility index (Phi) is 6.24. The van der Waals surface area contributed by atoms with Crippen molar-refractivity contribution in [2.75, 3.05) is 18.2 Å². The van der Waals surface area contributed by atoms with Gasteiger partial charge in [-0.2, -0.15) is 0 Å². The van der Waals surface area contributed by atoms with Crippen LogP contribution >= 0.6 is 0 Å². The van der Waals surface area contributed by atoms with E-state index in [0.717, 1.165) is 16.6 Å². The molecule has 0 saturated carbocycles. The molecule has 1 aliphatic heterocycles. The molecule has 3 aromatic heterocycles. The van der Waals surface area contributed by atoms with Crippen LogP contribution < -0.4 is 21.9 Å². The zero-order valence-electron chi connectivity index (χ0n) is 20.3. The van der Waals surface area contributed by atoms with Gasteiger partial charge in [-0.3, -0.25) is 19.5 Å². The first-order valence-electron chi connectivity index (χ1n) is 11.1. The summed E-state index contributed by atoms with van der Waals surface area (Å²) < 4.78 is 13.9. The number of anilines is 2. The fourth-order valence-electron chi connectivity index (χ4n) is 4.10. The van der Waals surface area contributed by atoms with Crippen molar-refractivity contribution < 1.29 is 19.1 Å². The lowest BCUT2D eigenvalue weighted by Crippen LogP contribution is -2.36. The van der Waals surface area contributed by atoms with E-state index in [0.29, 0.717) is 11.6 Å². The number of nitrogens with two attached hydrogens (primary N) is 1. The van der Waals surface area contributed by atoms with E-state index in [1.54, 1.807) is 33.0 Å². The highest BCUT2D eigenvalue weighted by atomic mass is 16.6. The number of rotatable bonds is 5. The lowest BCUT2D eigenvalue weighted by atomic mass is 10.1. The minimum absolute atomic E-state index is 0.0275. The summed E-state index contributed by atoms with van der Waals surface area (Å²) in [5.41, 5.74) is 6.24. The fraction of sp³-hybridized carbons (Fsp3) is 0.435. The summed E-state index contributed by atoms with van der Waals surface area (Å²) in [6, 6.07) is 2.85. The molecule has 4 rings (SSSR count). The summed E-state index contributed by atoms with van der Waals surface area (Å²) in [7, 11) is 3.36. The van der Waals surface area contributed by atoms with Crippen molar-refractivity contribution >= 4 is 34.4 Å². The Labute approximate surface area is 201 Å². The van der Waals surface area contributed by atoms with Gasteiger partial charge in [0.25, 0.3) is 5.56 Å². The third-order valence-electron chi connectivity index (χ3n) is 5.77. The first kappa shape index (κ1) is 24.2. The van der Waals surface area contributed by atoms with Gasteiger partial charge in [0.2, 0.25) is 5.91 Å². The second kappa shape index (κ2) is 9.02. The Morgan fingerprint density at radius 2 is 1.97 bits per heavy atom. The maximum atomic E-state index is 13.0. The summed E-state index contributed by atoms with van der Waals surface area (Å²) in [4.78, 5) is 46.2. The Morgan fingerprint density at radius 3 is 2.66 bits per heavy atom. The molecule has 0 spiro atoms. The van der Waals surface area contributed by atoms with E-state index in [1.165, 1.54) is 17.9 Å². The van der Waals surface area contributed by atoms with Gasteiger partial charge >= 0.3 is 6.09 Å². The number of aryl methyl sites for hydroxylation is 1. The van der Waals surface area contributed by atoms with Crippen LogP contribution in [-0.4, -0.2) is 43.8 Å². The lowest BCUT2D eigenvalue weighted by Gasteiger charge is -2.19. The Hall–Kier alpha value is -3.93. The van der Waals surface area contributed by atoms with Gasteiger partial charge in [0.15, 0.2) is 0 Å². The number of methoxy groups -OCH3 is 1. The SMILES string of the molecule is CO[C@@H]1C[C@@H](C(=O)NCc2cc3cnc(NC(=O)OC(C)(C)C)cc3n2C)n2c1ncc(N)c2=O. The molecule has 4 N–H and O–H groups in total. The van der Waals surface area contributed by atoms with E-state index in [-0.39, 0.29) is 24.6 Å². The second-order valence-electron chi connectivity index (χ2n) is 9.39. The van der Waals surface area contributed by atoms with Gasteiger partial charge in [-0.1, -0.05) is 0 Å². The highest BCUT2D eigenvalue weighted by Crippen LogP contribution is 2.34. The van der Waals surface area contributed by atoms with E-state index in [9.17, 15) is 14.4 Å². The van der Waals surface area contributed by atoms with Crippen LogP contribution in [0.3, 0.4) is 0 Å². The number of aromatic nitrogens is 4. The van der Waals surface area contributed by atoms with Crippen molar-refractivity contribution in [1.29, 1.82) is 0 Å². The summed E-state index contributed by atoms with van der Waals surface area (Å²) in [6.07, 6.45) is 2.14. The quantitative estimate of drug-likeness (QED) is 0.498. The average Bonchev–Trinajstić information content (AvgIpc) is 3.31. The Morgan fingerprint density at radius 1 is 1.23 bits per heavy atom. The van der Waals surface area contributed by atoms with Crippen molar-refractivity contribution in [1.82, 2.24) is 24.4 Å². The number of carbonyl (C=O) groups excluding carboxylic acids is 2. The molecular formula is C23H29N7O5. The Bertz CT molecular complexity index is 1350. The van der Waals surface area contributed by atoms with Crippen LogP contribution in [-0.2, 0) is 27.9 Å². The predicted molar refractivity (Wildman–Crippen MR) is 129 cm³/mol. The van der Waals surface area contributed by atoms with Crippen LogP contribution in [0.2, 0.25) is 0 Å². The van der Waals surface area contributed by atoms with E-state index in [4.69, 9.17) is 15.2 Å². The number of hydrogen-bond donors (Lipinski definition) is 3. The number of nitrogen functional groups attached to an aromatic ring is 1. The van der Waals surface area contributed by atoms with Gasteiger partial charge in [0.1, 0.15) is 35.1 Å². The van der Waals surface area contributed by atoms with Crippen LogP contribution in [0.5, 0.6) is 0 Å². The minimum Gasteiger partial charge on any atom is -0.444 e. The molecule has 0 aromatic carbocycles. The number of carbonyl (C=O) groups is 2. The summed E-state index contributed by atoms with van der Waals surface area (Å²) in [6.45, 7) is 5.56. The zero-order chi connectivity index (χ0) is 25.5. The number of nitrogens with one attached hydrogen (secondary N) is 2. The van der Waals surface area contributed by atoms with E-state index >= 15 is 0 Å². The molecule has 4 heterocycles. The normalized spacial score (nSPS) is 17.3. The molecule has 0 aliphatic carbocycles. The molecule has 3 aromatic rings. The van der Waals surface area contributed by atoms with Crippen molar-refractivity contribution in [3.8, 4) is 0 Å². The number of nitrogens with zero attached hydrogens (tertiary/aromatic N) is 4. The Balaban J connectivity index is 1.50. The van der Waals surface area contributed by atoms with Crippen molar-refractivity contribution in [2.24, 2.45) is 7.05 Å². The largest absolute Gasteiger partial charge is 0.444 e. The van der Waals surface area contributed by atoms with Gasteiger partial charge in [-0.05, 0) is 26.8 Å². The molecule has 0 radical (unpaired) electrons. The van der Waals surface area contributed by atoms with Gasteiger partial charge in [-0.15, -0.1) is 0 Å². The number of pyridine rings is 1. The molecule has 35 heavy (non-hydrogen) atoms. The third-order valence-corrected chi connectivity index (χ3v) is 5.77. The van der Waals surface area contributed by atoms with Gasteiger partial charge in [-0.25, -0.2) is 14.8 Å². The highest BCUT2D eigenvalue weighted by Gasteiger charge is 2.37. The van der Waals surface area contributed by atoms with E-state index < -0.39 is 29.4 Å². The molecule has 0 unspecified atom stereocenters. The van der Waals surface area contributed by atoms with Crippen molar-refractivity contribution in [2.45, 2.75) is 51.5 Å². The molecule has 0 fully saturated rings. The second-order valence-corrected chi connectivity index (χ2v) is 9.39. The minimum atomic E-state index is -0.778. The van der Waals surface area contributed by atoms with Crippen LogP contribution in [0, 0.1) is 0 Å². The maximum absolute atomic E-state index is 13.0. The summed E-state index contributed by atoms with van der Waals surface area (Å²) in [5, 5.41) is 6.36. The zero-order valence-corrected chi connectivity index (χ0v) is 20.3. The molecule has 0 bridgehead atoms. The van der Waals surface area contributed by atoms with Crippen molar-refractivity contribution in [3.63, 3.8) is 0 Å². The van der Waals surface area contributed by atoms with Gasteiger partial charge in [0, 0.05) is 43.9 Å². The van der Waals surface area contributed by atoms with Gasteiger partial charge in [0.05, 0.1) is 18.3 Å². The number of fused-ring (bicyclic) bond motifs is 2. The maximum Gasteiger partial charge on any atom is 0.413 e. The molecule has 12 nitrogen and oxygen atoms in total. The standard InChI is InChI=1S/C23H29N7O5/c1-23(2,3)35-22(33)28-18-8-15-12(9-25-18)6-13(29(15)4)10-27-20(31)16-7-17(34-5)19-26-11-14(24)21(32)30(16)19/h6,8-9,11,16-17H,7,10,24H2,1-5H3,(H,27,31)(H,25,28,33)/t16-,17+/m0/s1. The number of ether oxygens (including phenoxy) is 2. The molecule has 0 saturated heterocycles. The summed E-state index contributed by atoms with van der Waals surface area (Å²) in [5.74, 6) is 0.393. The van der Waals surface area contributed by atoms with Crippen LogP contribution in [0.1, 0.15) is 50.9 Å². The molecule has 12 heteroatoms. The van der Waals surface area contributed by atoms with Gasteiger partial charge < -0.3 is 25.1 Å². The van der Waals surface area contributed by atoms with Crippen LogP contribution in [0.25, 0.3) is 10.9 Å². The molecule has 2 atom stereocenters. The highest BCUT2D eigenvalue weighted by molar-refractivity contribution is 5.88. The predicted octanol–water partition coefficient (Wildman–Crippen LogP) is 2.01. The third kappa shape index (κ3) is 4.83. The van der Waals surface area contributed by atoms with Crippen molar-refractivity contribution in [3.05, 3.63) is 46.4 Å². The first-order chi connectivity index (χ1) is 16.5. The lowest BCUT2D eigenvalue weighted by molar-refractivity contribution is -0.124. The first-order valence-corrected chi connectivity index (χ1v) is 11.1. The smallest absolute Gasteiger partial charge is 0.413 e. The average molecular weight is 484 g/mol. The van der Waals surface area contributed by atoms with E-state index in [2.05, 4.69) is 20.6 Å². The number of hydrogen-bond acceptors (Lipinski definition) is 8. The molecule has 186 valence electrons. The van der Waals surface area contributed by atoms with Crippen LogP contribution in [0.15, 0.2) is 29.3 Å². The fourth-order valence-corrected chi connectivity index (χ4v) is 4.10. The molecule has 1 aliphatic rings. The molecule has 2 amide bonds. The summed E-state index contributed by atoms with van der Waals surface area (Å²) >= 11 is 0. The monoisotopic (exact) mass is 483 g/mol. The number of amides is 2. The van der Waals surface area contributed by atoms with Crippen LogP contribution in [0.4, 0.5) is 16.3 Å².